The minimum atomic E-state index is -1.06. The van der Waals surface area contributed by atoms with E-state index in [0.29, 0.717) is 54.8 Å². The number of benzene rings is 5. The smallest absolute Gasteiger partial charge is 0.413 e. The summed E-state index contributed by atoms with van der Waals surface area (Å²) in [6.45, 7) is 33.8. The molecule has 0 spiro atoms. The number of Topliss-reactive ketones (excluding diaryl/α,β-unsaturated/α-hetero) is 3. The van der Waals surface area contributed by atoms with E-state index < -0.39 is 49.2 Å². The van der Waals surface area contributed by atoms with Gasteiger partial charge in [-0.05, 0) is 181 Å². The number of hydrogen-bond acceptors (Lipinski definition) is 17. The summed E-state index contributed by atoms with van der Waals surface area (Å²) in [5.41, 5.74) is 14.4. The molecule has 5 aromatic rings. The number of rotatable bonds is 9. The van der Waals surface area contributed by atoms with Crippen molar-refractivity contribution in [2.24, 2.45) is 71.0 Å². The zero-order chi connectivity index (χ0) is 81.8. The van der Waals surface area contributed by atoms with Crippen molar-refractivity contribution in [1.29, 1.82) is 0 Å². The second-order valence-electron chi connectivity index (χ2n) is 34.9. The number of aromatic carboxylic acids is 1. The van der Waals surface area contributed by atoms with Gasteiger partial charge in [-0.25, -0.2) is 19.2 Å². The van der Waals surface area contributed by atoms with Gasteiger partial charge in [0, 0.05) is 106 Å². The van der Waals surface area contributed by atoms with Crippen LogP contribution in [0.5, 0.6) is 0 Å². The Bertz CT molecular complexity index is 4180. The van der Waals surface area contributed by atoms with Gasteiger partial charge in [-0.2, -0.15) is 0 Å². The van der Waals surface area contributed by atoms with Gasteiger partial charge in [-0.1, -0.05) is 173 Å². The number of carbonyl (C=O) groups excluding carboxylic acids is 6. The molecule has 0 aromatic heterocycles. The lowest BCUT2D eigenvalue weighted by Crippen LogP contribution is -2.50. The predicted octanol–water partition coefficient (Wildman–Crippen LogP) is 18.3. The zero-order valence-electron chi connectivity index (χ0n) is 69.7. The van der Waals surface area contributed by atoms with Gasteiger partial charge in [0.1, 0.15) is 18.3 Å². The Morgan fingerprint density at radius 2 is 0.819 bits per heavy atom. The molecule has 9 aliphatic heterocycles. The number of nitrogens with zero attached hydrogens (tertiary/aromatic N) is 5. The van der Waals surface area contributed by atoms with Crippen LogP contribution < -0.4 is 25.3 Å². The maximum atomic E-state index is 13.3. The van der Waals surface area contributed by atoms with E-state index in [9.17, 15) is 38.7 Å². The fourth-order valence-electron chi connectivity index (χ4n) is 21.1. The fourth-order valence-corrected chi connectivity index (χ4v) is 21.1. The first kappa shape index (κ1) is 87.8. The molecule has 3 N–H and O–H groups in total. The summed E-state index contributed by atoms with van der Waals surface area (Å²) in [5, 5.41) is 15.9. The van der Waals surface area contributed by atoms with Crippen molar-refractivity contribution in [2.75, 3.05) is 84.3 Å². The summed E-state index contributed by atoms with van der Waals surface area (Å²) in [6, 6.07) is 33.6. The van der Waals surface area contributed by atoms with Gasteiger partial charge < -0.3 is 63.3 Å². The van der Waals surface area contributed by atoms with Crippen LogP contribution in [0.25, 0.3) is 11.1 Å². The van der Waals surface area contributed by atoms with Crippen molar-refractivity contribution in [1.82, 2.24) is 15.1 Å². The number of fused-ring (bicyclic) bond motifs is 6. The van der Waals surface area contributed by atoms with Gasteiger partial charge >= 0.3 is 24.2 Å². The lowest BCUT2D eigenvalue weighted by atomic mass is 9.78. The molecular formula is C92H122Cl3N7O14. The molecule has 3 saturated carbocycles. The number of anilines is 4. The number of carbonyl (C=O) groups is 7. The van der Waals surface area contributed by atoms with Crippen molar-refractivity contribution in [3.05, 3.63) is 142 Å². The number of alkyl halides is 2. The van der Waals surface area contributed by atoms with E-state index in [0.717, 1.165) is 62.9 Å². The van der Waals surface area contributed by atoms with E-state index in [1.54, 1.807) is 67.6 Å². The Balaban J connectivity index is 0.000000143. The Labute approximate surface area is 702 Å². The number of nitrogens with one attached hydrogen (secondary N) is 2. The number of para-hydroxylation sites is 4. The highest BCUT2D eigenvalue weighted by Gasteiger charge is 2.49. The highest BCUT2D eigenvalue weighted by molar-refractivity contribution is 6.40. The minimum Gasteiger partial charge on any atom is -0.478 e. The minimum absolute atomic E-state index is 0. The van der Waals surface area contributed by atoms with Gasteiger partial charge in [0.15, 0.2) is 17.3 Å². The summed E-state index contributed by atoms with van der Waals surface area (Å²) >= 11 is 9.53. The van der Waals surface area contributed by atoms with Gasteiger partial charge in [0.25, 0.3) is 0 Å². The molecule has 17 rings (SSSR count). The summed E-state index contributed by atoms with van der Waals surface area (Å²) in [5.74, 6) is 4.21. The second-order valence-corrected chi connectivity index (χ2v) is 35.8. The van der Waals surface area contributed by atoms with Crippen molar-refractivity contribution >= 4 is 100.0 Å². The molecule has 9 heterocycles. The number of amides is 3. The van der Waals surface area contributed by atoms with E-state index in [2.05, 4.69) is 93.8 Å². The van der Waals surface area contributed by atoms with Crippen LogP contribution in [0.4, 0.5) is 37.1 Å². The lowest BCUT2D eigenvalue weighted by Gasteiger charge is -2.42. The van der Waals surface area contributed by atoms with Crippen LogP contribution in [0.1, 0.15) is 202 Å². The number of halogens is 3. The summed E-state index contributed by atoms with van der Waals surface area (Å²) in [4.78, 5) is 98.2. The van der Waals surface area contributed by atoms with Gasteiger partial charge in [-0.3, -0.25) is 19.7 Å². The normalized spacial score (nSPS) is 31.4. The van der Waals surface area contributed by atoms with Crippen molar-refractivity contribution in [3.8, 4) is 11.1 Å². The second kappa shape index (κ2) is 38.7. The molecule has 21 atom stereocenters. The largest absolute Gasteiger partial charge is 0.478 e. The third-order valence-electron chi connectivity index (χ3n) is 28.3. The topological polar surface area (TPSA) is 235 Å². The molecule has 0 radical (unpaired) electrons. The fraction of sp³-hybridized carbons (Fsp3) is 0.598. The Morgan fingerprint density at radius 3 is 1.23 bits per heavy atom. The van der Waals surface area contributed by atoms with Crippen molar-refractivity contribution in [2.45, 2.75) is 215 Å². The molecule has 3 aliphatic carbocycles. The zero-order valence-corrected chi connectivity index (χ0v) is 72.0. The predicted molar refractivity (Wildman–Crippen MR) is 455 cm³/mol. The van der Waals surface area contributed by atoms with Crippen molar-refractivity contribution in [3.63, 3.8) is 0 Å². The van der Waals surface area contributed by atoms with Crippen LogP contribution in [0.15, 0.2) is 103 Å². The molecule has 3 saturated heterocycles. The summed E-state index contributed by atoms with van der Waals surface area (Å²) in [6.07, 6.45) is 6.79. The summed E-state index contributed by atoms with van der Waals surface area (Å²) in [7, 11) is 0. The van der Waals surface area contributed by atoms with Crippen LogP contribution in [-0.2, 0) is 62.4 Å². The van der Waals surface area contributed by atoms with Crippen LogP contribution in [-0.4, -0.2) is 158 Å². The van der Waals surface area contributed by atoms with Crippen LogP contribution >= 0.6 is 35.6 Å². The van der Waals surface area contributed by atoms with Crippen LogP contribution in [0.2, 0.25) is 0 Å². The van der Waals surface area contributed by atoms with Gasteiger partial charge in [-0.15, -0.1) is 35.6 Å². The average Bonchev–Trinajstić information content (AvgIpc) is 1.58. The third-order valence-corrected chi connectivity index (χ3v) is 28.3. The Kier molecular flexibility index (Phi) is 29.3. The highest BCUT2D eigenvalue weighted by atomic mass is 35.5. The van der Waals surface area contributed by atoms with E-state index in [4.69, 9.17) is 51.6 Å². The van der Waals surface area contributed by atoms with E-state index in [1.165, 1.54) is 123 Å². The number of carboxylic acids is 1. The first-order valence-electron chi connectivity index (χ1n) is 42.5. The average molecular weight is 1660 g/mol. The van der Waals surface area contributed by atoms with E-state index in [-0.39, 0.29) is 106 Å². The number of ketones is 3. The Morgan fingerprint density at radius 1 is 0.448 bits per heavy atom. The maximum Gasteiger partial charge on any atom is 0.413 e. The maximum absolute atomic E-state index is 13.3. The molecule has 24 heteroatoms. The molecule has 6 fully saturated rings. The molecule has 630 valence electrons. The molecule has 15 unspecified atom stereocenters. The SMILES string of the molecule is CC(=O)C1OC(OC(=O)N2CCN3C[C@@H]4CCC[C@@H]4c4cccc(c43)C2)C(C)C(C)C1C.CC(=O)C1OC(OC(=O)N2CCN3C[C@@H]4CCC[C@@H]4c4cccc(c43)C2)C(C)C(C)C1C.CC(=O)C1OC(OC(=O)Nc2ccccc2-c2ccccc2C(=O)O)C(C)C(C)C1C.Cl.ClCCl.c1cc2c3c(c1)[C@H]1CCC[C@H]1CN3CCNC2. The quantitative estimate of drug-likeness (QED) is 0.0919. The molecule has 3 amide bonds. The van der Waals surface area contributed by atoms with Gasteiger partial charge in [0.2, 0.25) is 18.9 Å². The standard InChI is InChI=1S/2C26H36N2O4.C24H27NO6.C15H20N2.CH2Cl2.ClH/c2*1-15-16(2)24(18(4)29)31-25(17(15)3)32-26(30)28-12-11-27-13-19-7-5-9-21(19)22-10-6-8-20(14-28)23(22)27;1-13-14(2)21(16(4)26)30-23(15(13)3)31-24(29)25-20-12-8-7-10-18(20)17-9-5-6-11-19(17)22(27)28;1-3-11-9-16-7-8-17-10-12-4-2-5-13(12)14(6-1)15(11)17;2-1-3;/h2*6,8,10,15-17,19,21,24-25H,5,7,9,11-14H2,1-4H3;5-15,21,23H,1-4H3,(H,25,29)(H,27,28);1,3,6,12-13,16H,2,4-5,7-10H2;1H2;1H/t2*15?,16?,17?,19-,21-,24?,25?;;12-,13-;;/m00.0../s1. The summed E-state index contributed by atoms with van der Waals surface area (Å²) < 4.78 is 35.1. The molecular weight excluding hydrogens is 1530 g/mol. The number of carboxylic acid groups (broad SMARTS) is 1. The first-order chi connectivity index (χ1) is 55.2. The van der Waals surface area contributed by atoms with E-state index >= 15 is 0 Å². The first-order valence-corrected chi connectivity index (χ1v) is 43.5. The molecule has 12 aliphatic rings. The molecule has 0 bridgehead atoms. The Hall–Kier alpha value is -7.50. The molecule has 116 heavy (non-hydrogen) atoms. The third kappa shape index (κ3) is 18.7. The molecule has 21 nitrogen and oxygen atoms in total. The lowest BCUT2D eigenvalue weighted by molar-refractivity contribution is -0.223. The van der Waals surface area contributed by atoms with Crippen LogP contribution in [0, 0.1) is 71.0 Å². The van der Waals surface area contributed by atoms with Crippen molar-refractivity contribution < 1.29 is 67.1 Å². The van der Waals surface area contributed by atoms with Crippen LogP contribution in [0.3, 0.4) is 0 Å². The van der Waals surface area contributed by atoms with Gasteiger partial charge in [0.05, 0.1) is 29.7 Å². The molecule has 5 aromatic carbocycles. The number of ether oxygens (including phenoxy) is 6. The highest BCUT2D eigenvalue weighted by Crippen LogP contribution is 2.53. The monoisotopic (exact) mass is 1650 g/mol. The van der Waals surface area contributed by atoms with E-state index in [1.807, 2.05) is 58.3 Å². The number of hydrogen-bond donors (Lipinski definition) is 3.